The van der Waals surface area contributed by atoms with Crippen molar-refractivity contribution in [2.75, 3.05) is 31.7 Å². The lowest BCUT2D eigenvalue weighted by Gasteiger charge is -2.19. The van der Waals surface area contributed by atoms with E-state index >= 15 is 0 Å². The fourth-order valence-electron chi connectivity index (χ4n) is 4.72. The number of nitrogens with zero attached hydrogens (tertiary/aromatic N) is 6. The van der Waals surface area contributed by atoms with Gasteiger partial charge in [0.25, 0.3) is 5.91 Å². The molecule has 1 aromatic carbocycles. The molecule has 1 fully saturated rings. The van der Waals surface area contributed by atoms with E-state index in [4.69, 9.17) is 5.73 Å². The molecule has 3 amide bonds. The number of rotatable bonds is 6. The number of fused-ring (bicyclic) bond motifs is 1. The molecule has 0 saturated carbocycles. The van der Waals surface area contributed by atoms with Gasteiger partial charge in [-0.1, -0.05) is 12.6 Å². The van der Waals surface area contributed by atoms with Gasteiger partial charge >= 0.3 is 0 Å². The Balaban J connectivity index is 1.66. The number of hydrogen-bond acceptors (Lipinski definition) is 7. The van der Waals surface area contributed by atoms with E-state index in [9.17, 15) is 14.4 Å². The van der Waals surface area contributed by atoms with E-state index in [1.54, 1.807) is 34.6 Å². The summed E-state index contributed by atoms with van der Waals surface area (Å²) >= 11 is 0. The number of amides is 3. The highest BCUT2D eigenvalue weighted by molar-refractivity contribution is 6.13. The molecule has 0 bridgehead atoms. The van der Waals surface area contributed by atoms with E-state index in [-0.39, 0.29) is 41.8 Å². The van der Waals surface area contributed by atoms with Gasteiger partial charge in [-0.15, -0.1) is 0 Å². The molecule has 2 aromatic heterocycles. The molecule has 0 unspecified atom stereocenters. The van der Waals surface area contributed by atoms with E-state index in [1.165, 1.54) is 12.4 Å². The molecule has 37 heavy (non-hydrogen) atoms. The Labute approximate surface area is 215 Å². The average molecular weight is 505 g/mol. The molecule has 11 nitrogen and oxygen atoms in total. The molecule has 3 heterocycles. The van der Waals surface area contributed by atoms with Crippen LogP contribution < -0.4 is 11.1 Å². The van der Waals surface area contributed by atoms with Crippen LogP contribution in [-0.4, -0.2) is 74.0 Å². The molecule has 3 N–H and O–H groups in total. The normalized spacial score (nSPS) is 17.2. The third kappa shape index (κ3) is 4.76. The van der Waals surface area contributed by atoms with Crippen molar-refractivity contribution < 1.29 is 14.4 Å². The Hall–Kier alpha value is -4.28. The number of carbonyl (C=O) groups excluding carboxylic acids is 3. The molecule has 1 saturated heterocycles. The van der Waals surface area contributed by atoms with Gasteiger partial charge in [-0.05, 0) is 56.0 Å². The van der Waals surface area contributed by atoms with Crippen LogP contribution in [0.5, 0.6) is 0 Å². The van der Waals surface area contributed by atoms with Gasteiger partial charge in [-0.25, -0.2) is 14.6 Å². The number of benzene rings is 1. The van der Waals surface area contributed by atoms with Crippen LogP contribution in [0, 0.1) is 13.8 Å². The van der Waals surface area contributed by atoms with Crippen molar-refractivity contribution in [1.82, 2.24) is 29.5 Å². The van der Waals surface area contributed by atoms with Crippen LogP contribution in [0.2, 0.25) is 0 Å². The molecule has 1 aliphatic heterocycles. The first-order valence-corrected chi connectivity index (χ1v) is 12.1. The molecule has 2 atom stereocenters. The van der Waals surface area contributed by atoms with Crippen LogP contribution in [0.4, 0.5) is 11.5 Å². The van der Waals surface area contributed by atoms with Crippen molar-refractivity contribution in [1.29, 1.82) is 0 Å². The zero-order valence-electron chi connectivity index (χ0n) is 21.8. The molecule has 11 heteroatoms. The monoisotopic (exact) mass is 504 g/mol. The van der Waals surface area contributed by atoms with Crippen LogP contribution >= 0.6 is 0 Å². The second-order valence-electron chi connectivity index (χ2n) is 9.63. The van der Waals surface area contributed by atoms with Crippen LogP contribution in [0.3, 0.4) is 0 Å². The molecule has 0 aliphatic carbocycles. The number of likely N-dealkylation sites (N-methyl/N-ethyl adjacent to an activating group) is 1. The summed E-state index contributed by atoms with van der Waals surface area (Å²) in [4.78, 5) is 49.6. The lowest BCUT2D eigenvalue weighted by atomic mass is 9.98. The summed E-state index contributed by atoms with van der Waals surface area (Å²) < 4.78 is 1.67. The summed E-state index contributed by atoms with van der Waals surface area (Å²) in [5, 5.41) is 7.92. The standard InChI is InChI=1S/C26H32N8O3/c1-7-20(35)33-12-18(10-14(33)2)34-25-22(24(27)28-13-29-25)23(31-34)26(37)30-19-9-8-17(15(3)16(19)4)11-21(36)32(5)6/h7-9,13-14,18H,1,10-12H2,2-6H3,(H,30,37)(H2,27,28,29)/t14-,18-/m1/s1. The third-order valence-electron chi connectivity index (χ3n) is 7.08. The van der Waals surface area contributed by atoms with E-state index in [0.717, 1.165) is 16.7 Å². The van der Waals surface area contributed by atoms with E-state index in [2.05, 4.69) is 27.0 Å². The zero-order chi connectivity index (χ0) is 27.0. The van der Waals surface area contributed by atoms with E-state index in [0.29, 0.717) is 29.7 Å². The third-order valence-corrected chi connectivity index (χ3v) is 7.08. The second-order valence-corrected chi connectivity index (χ2v) is 9.63. The highest BCUT2D eigenvalue weighted by Gasteiger charge is 2.35. The molecular formula is C26H32N8O3. The van der Waals surface area contributed by atoms with Crippen molar-refractivity contribution in [2.24, 2.45) is 0 Å². The van der Waals surface area contributed by atoms with Crippen molar-refractivity contribution in [3.05, 3.63) is 53.5 Å². The Morgan fingerprint density at radius 2 is 1.95 bits per heavy atom. The van der Waals surface area contributed by atoms with Crippen LogP contribution in [-0.2, 0) is 16.0 Å². The molecule has 194 valence electrons. The van der Waals surface area contributed by atoms with Gasteiger partial charge in [0.2, 0.25) is 11.8 Å². The smallest absolute Gasteiger partial charge is 0.277 e. The summed E-state index contributed by atoms with van der Waals surface area (Å²) in [6.07, 6.45) is 3.56. The summed E-state index contributed by atoms with van der Waals surface area (Å²) in [5.74, 6) is -0.451. The number of hydrogen-bond donors (Lipinski definition) is 2. The Kier molecular flexibility index (Phi) is 6.97. The van der Waals surface area contributed by atoms with Gasteiger partial charge in [0.1, 0.15) is 12.1 Å². The number of nitrogen functional groups attached to an aromatic ring is 1. The lowest BCUT2D eigenvalue weighted by molar-refractivity contribution is -0.128. The number of likely N-dealkylation sites (tertiary alicyclic amines) is 1. The summed E-state index contributed by atoms with van der Waals surface area (Å²) in [6, 6.07) is 3.43. The molecule has 0 radical (unpaired) electrons. The maximum absolute atomic E-state index is 13.5. The number of nitrogens with one attached hydrogen (secondary N) is 1. The first kappa shape index (κ1) is 25.8. The first-order valence-electron chi connectivity index (χ1n) is 12.1. The molecule has 3 aromatic rings. The number of carbonyl (C=O) groups is 3. The Morgan fingerprint density at radius 1 is 1.22 bits per heavy atom. The average Bonchev–Trinajstić information content (AvgIpc) is 3.44. The summed E-state index contributed by atoms with van der Waals surface area (Å²) in [5.41, 5.74) is 10.0. The van der Waals surface area contributed by atoms with Crippen LogP contribution in [0.1, 0.15) is 46.6 Å². The molecular weight excluding hydrogens is 472 g/mol. The van der Waals surface area contributed by atoms with Crippen molar-refractivity contribution in [3.8, 4) is 0 Å². The number of anilines is 2. The topological polar surface area (TPSA) is 139 Å². The van der Waals surface area contributed by atoms with Crippen molar-refractivity contribution in [2.45, 2.75) is 45.7 Å². The van der Waals surface area contributed by atoms with Gasteiger partial charge in [-0.3, -0.25) is 14.4 Å². The summed E-state index contributed by atoms with van der Waals surface area (Å²) in [7, 11) is 3.44. The quantitative estimate of drug-likeness (QED) is 0.491. The predicted molar refractivity (Wildman–Crippen MR) is 141 cm³/mol. The number of aromatic nitrogens is 4. The van der Waals surface area contributed by atoms with E-state index in [1.807, 2.05) is 26.8 Å². The second kappa shape index (κ2) is 10.00. The fourth-order valence-corrected chi connectivity index (χ4v) is 4.72. The van der Waals surface area contributed by atoms with Gasteiger partial charge in [0.05, 0.1) is 17.8 Å². The largest absolute Gasteiger partial charge is 0.383 e. The van der Waals surface area contributed by atoms with Gasteiger partial charge in [0.15, 0.2) is 11.3 Å². The molecule has 0 spiro atoms. The molecule has 1 aliphatic rings. The maximum atomic E-state index is 13.5. The number of nitrogens with two attached hydrogens (primary N) is 1. The van der Waals surface area contributed by atoms with Crippen molar-refractivity contribution in [3.63, 3.8) is 0 Å². The lowest BCUT2D eigenvalue weighted by Crippen LogP contribution is -2.32. The van der Waals surface area contributed by atoms with Gasteiger partial charge in [0, 0.05) is 32.4 Å². The fraction of sp³-hybridized carbons (Fsp3) is 0.385. The minimum atomic E-state index is -0.449. The molecule has 4 rings (SSSR count). The maximum Gasteiger partial charge on any atom is 0.277 e. The van der Waals surface area contributed by atoms with Crippen molar-refractivity contribution >= 4 is 40.3 Å². The summed E-state index contributed by atoms with van der Waals surface area (Å²) in [6.45, 7) is 9.79. The Morgan fingerprint density at radius 3 is 2.62 bits per heavy atom. The van der Waals surface area contributed by atoms with E-state index < -0.39 is 5.91 Å². The van der Waals surface area contributed by atoms with Crippen LogP contribution in [0.15, 0.2) is 31.1 Å². The first-order chi connectivity index (χ1) is 17.5. The van der Waals surface area contributed by atoms with Gasteiger partial charge in [-0.2, -0.15) is 5.10 Å². The zero-order valence-corrected chi connectivity index (χ0v) is 21.8. The minimum Gasteiger partial charge on any atom is -0.383 e. The Bertz CT molecular complexity index is 1410. The van der Waals surface area contributed by atoms with Crippen LogP contribution in [0.25, 0.3) is 11.0 Å². The predicted octanol–water partition coefficient (Wildman–Crippen LogP) is 2.26. The van der Waals surface area contributed by atoms with Gasteiger partial charge < -0.3 is 20.9 Å². The highest BCUT2D eigenvalue weighted by atomic mass is 16.2. The highest BCUT2D eigenvalue weighted by Crippen LogP contribution is 2.32. The minimum absolute atomic E-state index is 0.00126. The SMILES string of the molecule is C=CC(=O)N1C[C@H](n2nc(C(=O)Nc3ccc(CC(=O)N(C)C)c(C)c3C)c3c(N)ncnc32)C[C@H]1C.